The highest BCUT2D eigenvalue weighted by molar-refractivity contribution is 7.95. The van der Waals surface area contributed by atoms with Gasteiger partial charge in [0.05, 0.1) is 15.5 Å². The van der Waals surface area contributed by atoms with Crippen LogP contribution in [0.15, 0.2) is 99.8 Å². The van der Waals surface area contributed by atoms with Gasteiger partial charge in [0.1, 0.15) is 16.7 Å². The van der Waals surface area contributed by atoms with Gasteiger partial charge in [0.2, 0.25) is 19.9 Å². The fraction of sp³-hybridized carbons (Fsp3) is 0.172. The molecule has 200 valence electrons. The van der Waals surface area contributed by atoms with Gasteiger partial charge in [-0.05, 0) is 49.4 Å². The average molecular weight is 561 g/mol. The molecule has 0 saturated heterocycles. The normalized spacial score (nSPS) is 12.4. The van der Waals surface area contributed by atoms with Crippen molar-refractivity contribution in [3.8, 4) is 23.0 Å². The molecule has 0 unspecified atom stereocenters. The highest BCUT2D eigenvalue weighted by Gasteiger charge is 2.25. The second kappa shape index (κ2) is 11.4. The minimum atomic E-state index is -4.11. The van der Waals surface area contributed by atoms with Crippen LogP contribution < -0.4 is 0 Å². The molecule has 3 aromatic carbocycles. The monoisotopic (exact) mass is 560 g/mol. The predicted molar refractivity (Wildman–Crippen MR) is 151 cm³/mol. The van der Waals surface area contributed by atoms with Crippen molar-refractivity contribution in [2.24, 2.45) is 0 Å². The number of para-hydroxylation sites is 1. The number of allylic oxidation sites excluding steroid dienone is 1. The molecule has 1 heterocycles. The van der Waals surface area contributed by atoms with Crippen LogP contribution in [0.2, 0.25) is 0 Å². The topological polar surface area (TPSA) is 113 Å². The Labute approximate surface area is 229 Å². The average Bonchev–Trinajstić information content (AvgIpc) is 3.37. The number of hydrogen-bond acceptors (Lipinski definition) is 6. The maximum absolute atomic E-state index is 13.3. The van der Waals surface area contributed by atoms with Crippen LogP contribution in [0.25, 0.3) is 23.0 Å². The first-order valence-electron chi connectivity index (χ1n) is 12.3. The van der Waals surface area contributed by atoms with E-state index in [1.807, 2.05) is 43.3 Å². The summed E-state index contributed by atoms with van der Waals surface area (Å²) in [5.74, 6) is 0. The second-order valence-electron chi connectivity index (χ2n) is 8.77. The van der Waals surface area contributed by atoms with Crippen molar-refractivity contribution in [1.82, 2.24) is 14.1 Å². The molecule has 0 atom stereocenters. The Hall–Kier alpha value is -4.04. The molecule has 0 aliphatic rings. The summed E-state index contributed by atoms with van der Waals surface area (Å²) in [6.07, 6.45) is 2.90. The molecule has 8 nitrogen and oxygen atoms in total. The predicted octanol–water partition coefficient (Wildman–Crippen LogP) is 5.22. The molecule has 39 heavy (non-hydrogen) atoms. The third-order valence-electron chi connectivity index (χ3n) is 6.23. The third kappa shape index (κ3) is 5.71. The minimum absolute atomic E-state index is 0.00483. The molecule has 0 saturated carbocycles. The Balaban J connectivity index is 1.91. The maximum Gasteiger partial charge on any atom is 0.243 e. The van der Waals surface area contributed by atoms with Gasteiger partial charge in [-0.3, -0.25) is 0 Å². The summed E-state index contributed by atoms with van der Waals surface area (Å²) in [5, 5.41) is 14.6. The van der Waals surface area contributed by atoms with Gasteiger partial charge < -0.3 is 0 Å². The smallest absolute Gasteiger partial charge is 0.240 e. The van der Waals surface area contributed by atoms with Crippen LogP contribution in [0, 0.1) is 18.3 Å². The SMILES string of the molecule is CCN(CC)S(=O)(=O)c1cccc(-c2nn(-c3ccccc3)cc2C=C(C#N)S(=O)(=O)c2ccc(C)cc2)c1. The van der Waals surface area contributed by atoms with E-state index in [2.05, 4.69) is 5.10 Å². The van der Waals surface area contributed by atoms with Crippen LogP contribution in [0.3, 0.4) is 0 Å². The Kier molecular flexibility index (Phi) is 8.16. The minimum Gasteiger partial charge on any atom is -0.240 e. The summed E-state index contributed by atoms with van der Waals surface area (Å²) in [4.78, 5) is -0.349. The standard InChI is InChI=1S/C29H28N4O4S2/c1-4-32(5-2)39(36,37)27-13-9-10-23(18-27)29-24(21-33(31-29)25-11-7-6-8-12-25)19-28(20-30)38(34,35)26-16-14-22(3)15-17-26/h6-19,21H,4-5H2,1-3H3. The molecule has 1 aromatic heterocycles. The summed E-state index contributed by atoms with van der Waals surface area (Å²) < 4.78 is 56.0. The van der Waals surface area contributed by atoms with Gasteiger partial charge in [-0.15, -0.1) is 0 Å². The number of rotatable bonds is 9. The second-order valence-corrected chi connectivity index (χ2v) is 12.6. The van der Waals surface area contributed by atoms with Crippen molar-refractivity contribution in [3.63, 3.8) is 0 Å². The van der Waals surface area contributed by atoms with E-state index in [9.17, 15) is 22.1 Å². The quantitative estimate of drug-likeness (QED) is 0.260. The highest BCUT2D eigenvalue weighted by Crippen LogP contribution is 2.30. The lowest BCUT2D eigenvalue weighted by atomic mass is 10.1. The molecule has 0 aliphatic carbocycles. The molecule has 4 rings (SSSR count). The Morgan fingerprint density at radius 1 is 0.923 bits per heavy atom. The Morgan fingerprint density at radius 2 is 1.59 bits per heavy atom. The van der Waals surface area contributed by atoms with Crippen LogP contribution in [0.5, 0.6) is 0 Å². The summed E-state index contributed by atoms with van der Waals surface area (Å²) in [5.41, 5.74) is 2.76. The molecule has 4 aromatic rings. The van der Waals surface area contributed by atoms with Crippen LogP contribution >= 0.6 is 0 Å². The van der Waals surface area contributed by atoms with E-state index in [-0.39, 0.29) is 9.79 Å². The molecule has 0 N–H and O–H groups in total. The van der Waals surface area contributed by atoms with Crippen molar-refractivity contribution in [1.29, 1.82) is 5.26 Å². The van der Waals surface area contributed by atoms with E-state index in [1.165, 1.54) is 34.6 Å². The molecule has 0 bridgehead atoms. The van der Waals surface area contributed by atoms with Crippen molar-refractivity contribution in [2.75, 3.05) is 13.1 Å². The first-order chi connectivity index (χ1) is 18.6. The van der Waals surface area contributed by atoms with Gasteiger partial charge in [-0.2, -0.15) is 14.7 Å². The van der Waals surface area contributed by atoms with Gasteiger partial charge >= 0.3 is 0 Å². The maximum atomic E-state index is 13.3. The van der Waals surface area contributed by atoms with Crippen LogP contribution in [-0.2, 0) is 19.9 Å². The molecular weight excluding hydrogens is 532 g/mol. The largest absolute Gasteiger partial charge is 0.243 e. The van der Waals surface area contributed by atoms with Gasteiger partial charge in [0.25, 0.3) is 0 Å². The van der Waals surface area contributed by atoms with E-state index in [0.717, 1.165) is 5.56 Å². The highest BCUT2D eigenvalue weighted by atomic mass is 32.2. The number of nitriles is 1. The van der Waals surface area contributed by atoms with Crippen molar-refractivity contribution >= 4 is 25.9 Å². The van der Waals surface area contributed by atoms with E-state index in [0.29, 0.717) is 35.6 Å². The number of nitrogens with zero attached hydrogens (tertiary/aromatic N) is 4. The van der Waals surface area contributed by atoms with Gasteiger partial charge in [-0.1, -0.05) is 61.9 Å². The summed E-state index contributed by atoms with van der Waals surface area (Å²) in [7, 11) is -7.85. The fourth-order valence-corrected chi connectivity index (χ4v) is 6.76. The molecule has 0 amide bonds. The lowest BCUT2D eigenvalue weighted by molar-refractivity contribution is 0.445. The van der Waals surface area contributed by atoms with Gasteiger partial charge in [-0.25, -0.2) is 21.5 Å². The third-order valence-corrected chi connectivity index (χ3v) is 9.96. The zero-order valence-corrected chi connectivity index (χ0v) is 23.4. The molecule has 0 spiro atoms. The number of hydrogen-bond donors (Lipinski definition) is 0. The summed E-state index contributed by atoms with van der Waals surface area (Å²) >= 11 is 0. The molecule has 10 heteroatoms. The van der Waals surface area contributed by atoms with Crippen molar-refractivity contribution in [2.45, 2.75) is 30.6 Å². The Bertz CT molecular complexity index is 1760. The van der Waals surface area contributed by atoms with E-state index in [1.54, 1.807) is 49.0 Å². The van der Waals surface area contributed by atoms with Crippen LogP contribution in [0.1, 0.15) is 25.0 Å². The molecular formula is C29H28N4O4S2. The van der Waals surface area contributed by atoms with E-state index < -0.39 is 24.8 Å². The lowest BCUT2D eigenvalue weighted by Crippen LogP contribution is -2.30. The van der Waals surface area contributed by atoms with Crippen molar-refractivity contribution < 1.29 is 16.8 Å². The molecule has 0 fully saturated rings. The van der Waals surface area contributed by atoms with Gasteiger partial charge in [0, 0.05) is 30.4 Å². The van der Waals surface area contributed by atoms with Crippen molar-refractivity contribution in [3.05, 3.63) is 101 Å². The summed E-state index contributed by atoms with van der Waals surface area (Å²) in [6.45, 7) is 6.03. The zero-order chi connectivity index (χ0) is 28.2. The van der Waals surface area contributed by atoms with Crippen LogP contribution in [-0.4, -0.2) is 44.0 Å². The first-order valence-corrected chi connectivity index (χ1v) is 15.2. The summed E-state index contributed by atoms with van der Waals surface area (Å²) in [6, 6.07) is 23.7. The number of sulfonamides is 1. The first kappa shape index (κ1) is 28.0. The zero-order valence-electron chi connectivity index (χ0n) is 21.8. The number of sulfone groups is 1. The molecule has 0 aliphatic heterocycles. The lowest BCUT2D eigenvalue weighted by Gasteiger charge is -2.18. The van der Waals surface area contributed by atoms with E-state index in [4.69, 9.17) is 0 Å². The Morgan fingerprint density at radius 3 is 2.21 bits per heavy atom. The number of aryl methyl sites for hydroxylation is 1. The number of benzene rings is 3. The fourth-order valence-electron chi connectivity index (χ4n) is 4.10. The van der Waals surface area contributed by atoms with Crippen LogP contribution in [0.4, 0.5) is 0 Å². The van der Waals surface area contributed by atoms with E-state index >= 15 is 0 Å². The van der Waals surface area contributed by atoms with Gasteiger partial charge in [0.15, 0.2) is 0 Å². The molecule has 0 radical (unpaired) electrons. The number of aromatic nitrogens is 2.